The molecule has 3 N–H and O–H groups in total. The Labute approximate surface area is 122 Å². The summed E-state index contributed by atoms with van der Waals surface area (Å²) in [5, 5.41) is 22.6. The molecular formula is C13H19N3O5. The first-order valence-corrected chi connectivity index (χ1v) is 6.25. The van der Waals surface area contributed by atoms with Crippen molar-refractivity contribution in [3.8, 4) is 11.5 Å². The van der Waals surface area contributed by atoms with E-state index in [1.807, 2.05) is 13.8 Å². The van der Waals surface area contributed by atoms with Crippen molar-refractivity contribution >= 4 is 11.5 Å². The fraction of sp³-hybridized carbons (Fsp3) is 0.462. The Kier molecular flexibility index (Phi) is 5.34. The van der Waals surface area contributed by atoms with E-state index in [9.17, 15) is 10.1 Å². The summed E-state index contributed by atoms with van der Waals surface area (Å²) in [7, 11) is 1.36. The van der Waals surface area contributed by atoms with E-state index in [1.54, 1.807) is 6.07 Å². The molecule has 116 valence electrons. The van der Waals surface area contributed by atoms with Crippen molar-refractivity contribution in [3.05, 3.63) is 28.3 Å². The third-order valence-electron chi connectivity index (χ3n) is 3.14. The Balaban J connectivity index is 2.73. The lowest BCUT2D eigenvalue weighted by Crippen LogP contribution is -2.33. The van der Waals surface area contributed by atoms with Crippen LogP contribution in [0, 0.1) is 15.5 Å². The smallest absolute Gasteiger partial charge is 0.314 e. The van der Waals surface area contributed by atoms with Crippen LogP contribution in [0.1, 0.15) is 20.3 Å². The van der Waals surface area contributed by atoms with Gasteiger partial charge < -0.3 is 20.4 Å². The van der Waals surface area contributed by atoms with Gasteiger partial charge in [0.15, 0.2) is 5.75 Å². The molecule has 0 spiro atoms. The molecule has 1 rings (SSSR count). The largest absolute Gasteiger partial charge is 0.493 e. The second-order valence-corrected chi connectivity index (χ2v) is 5.06. The molecule has 1 aromatic carbocycles. The number of rotatable bonds is 7. The number of nitrogens with two attached hydrogens (primary N) is 1. The van der Waals surface area contributed by atoms with Crippen molar-refractivity contribution in [3.63, 3.8) is 0 Å². The molecule has 0 heterocycles. The summed E-state index contributed by atoms with van der Waals surface area (Å²) < 4.78 is 10.4. The number of hydrogen-bond acceptors (Lipinski definition) is 6. The van der Waals surface area contributed by atoms with Gasteiger partial charge in [0.2, 0.25) is 0 Å². The number of nitro benzene ring substituents is 1. The molecule has 0 saturated heterocycles. The zero-order valence-electron chi connectivity index (χ0n) is 12.2. The van der Waals surface area contributed by atoms with Gasteiger partial charge in [0.25, 0.3) is 0 Å². The van der Waals surface area contributed by atoms with E-state index in [0.717, 1.165) is 0 Å². The van der Waals surface area contributed by atoms with Crippen LogP contribution in [0.15, 0.2) is 23.4 Å². The second kappa shape index (κ2) is 6.78. The van der Waals surface area contributed by atoms with E-state index in [-0.39, 0.29) is 23.9 Å². The average molecular weight is 297 g/mol. The predicted molar refractivity (Wildman–Crippen MR) is 77.0 cm³/mol. The lowest BCUT2D eigenvalue weighted by Gasteiger charge is -2.22. The number of benzene rings is 1. The molecule has 0 atom stereocenters. The van der Waals surface area contributed by atoms with Crippen molar-refractivity contribution in [2.45, 2.75) is 20.3 Å². The highest BCUT2D eigenvalue weighted by molar-refractivity contribution is 5.85. The van der Waals surface area contributed by atoms with Crippen LogP contribution in [0.3, 0.4) is 0 Å². The quantitative estimate of drug-likeness (QED) is 0.261. The maximum Gasteiger partial charge on any atom is 0.314 e. The first-order valence-electron chi connectivity index (χ1n) is 6.25. The highest BCUT2D eigenvalue weighted by Crippen LogP contribution is 2.31. The van der Waals surface area contributed by atoms with Crippen LogP contribution in [0.25, 0.3) is 0 Å². The summed E-state index contributed by atoms with van der Waals surface area (Å²) in [6.07, 6.45) is 0.489. The first kappa shape index (κ1) is 16.5. The summed E-state index contributed by atoms with van der Waals surface area (Å²) >= 11 is 0. The standard InChI is InChI=1S/C13H19N3O5/c1-13(2,12(14)15-17)6-7-21-9-4-5-11(20-3)10(8-9)16(18)19/h4-5,8,17H,6-7H2,1-3H3,(H2,14,15). The monoisotopic (exact) mass is 297 g/mol. The Morgan fingerprint density at radius 3 is 2.71 bits per heavy atom. The van der Waals surface area contributed by atoms with Gasteiger partial charge >= 0.3 is 5.69 Å². The van der Waals surface area contributed by atoms with Crippen molar-refractivity contribution in [1.82, 2.24) is 0 Å². The lowest BCUT2D eigenvalue weighted by atomic mass is 9.88. The minimum atomic E-state index is -0.536. The second-order valence-electron chi connectivity index (χ2n) is 5.06. The molecule has 0 radical (unpaired) electrons. The molecule has 0 aliphatic heterocycles. The molecular weight excluding hydrogens is 278 g/mol. The van der Waals surface area contributed by atoms with Gasteiger partial charge in [0.1, 0.15) is 11.6 Å². The van der Waals surface area contributed by atoms with E-state index < -0.39 is 10.3 Å². The molecule has 0 saturated carbocycles. The van der Waals surface area contributed by atoms with Gasteiger partial charge in [-0.1, -0.05) is 19.0 Å². The summed E-state index contributed by atoms with van der Waals surface area (Å²) in [4.78, 5) is 10.4. The number of oxime groups is 1. The predicted octanol–water partition coefficient (Wildman–Crippen LogP) is 2.14. The molecule has 0 aromatic heterocycles. The van der Waals surface area contributed by atoms with Gasteiger partial charge in [-0.15, -0.1) is 0 Å². The number of amidine groups is 1. The summed E-state index contributed by atoms with van der Waals surface area (Å²) in [6, 6.07) is 4.36. The number of nitro groups is 1. The molecule has 21 heavy (non-hydrogen) atoms. The molecule has 0 aliphatic rings. The maximum atomic E-state index is 10.9. The lowest BCUT2D eigenvalue weighted by molar-refractivity contribution is -0.385. The molecule has 8 nitrogen and oxygen atoms in total. The molecule has 8 heteroatoms. The van der Waals surface area contributed by atoms with E-state index in [1.165, 1.54) is 19.2 Å². The van der Waals surface area contributed by atoms with Gasteiger partial charge in [0, 0.05) is 5.41 Å². The van der Waals surface area contributed by atoms with E-state index in [4.69, 9.17) is 20.4 Å². The zero-order valence-corrected chi connectivity index (χ0v) is 12.2. The van der Waals surface area contributed by atoms with Gasteiger partial charge in [-0.05, 0) is 18.6 Å². The minimum Gasteiger partial charge on any atom is -0.493 e. The number of ether oxygens (including phenoxy) is 2. The number of hydrogen-bond donors (Lipinski definition) is 2. The Bertz CT molecular complexity index is 543. The van der Waals surface area contributed by atoms with Crippen molar-refractivity contribution < 1.29 is 19.6 Å². The minimum absolute atomic E-state index is 0.104. The molecule has 0 fully saturated rings. The van der Waals surface area contributed by atoms with Gasteiger partial charge in [0.05, 0.1) is 24.7 Å². The van der Waals surface area contributed by atoms with Crippen LogP contribution in [0.4, 0.5) is 5.69 Å². The van der Waals surface area contributed by atoms with Gasteiger partial charge in [-0.3, -0.25) is 10.1 Å². The SMILES string of the molecule is COc1ccc(OCCC(C)(C)/C(N)=N/O)cc1[N+](=O)[O-]. The van der Waals surface area contributed by atoms with Crippen LogP contribution in [0.2, 0.25) is 0 Å². The maximum absolute atomic E-state index is 10.9. The van der Waals surface area contributed by atoms with Crippen LogP contribution in [-0.2, 0) is 0 Å². The van der Waals surface area contributed by atoms with Crippen LogP contribution >= 0.6 is 0 Å². The van der Waals surface area contributed by atoms with Crippen LogP contribution < -0.4 is 15.2 Å². The summed E-state index contributed by atoms with van der Waals surface area (Å²) in [5.74, 6) is 0.633. The Morgan fingerprint density at radius 1 is 1.52 bits per heavy atom. The zero-order chi connectivity index (χ0) is 16.0. The molecule has 0 bridgehead atoms. The molecule has 0 aliphatic carbocycles. The summed E-state index contributed by atoms with van der Waals surface area (Å²) in [5.41, 5.74) is 4.87. The Morgan fingerprint density at radius 2 is 2.19 bits per heavy atom. The molecule has 0 unspecified atom stereocenters. The van der Waals surface area contributed by atoms with E-state index in [0.29, 0.717) is 12.2 Å². The highest BCUT2D eigenvalue weighted by atomic mass is 16.6. The average Bonchev–Trinajstić information content (AvgIpc) is 2.45. The number of methoxy groups -OCH3 is 1. The molecule has 1 aromatic rings. The molecule has 0 amide bonds. The Hall–Kier alpha value is -2.51. The fourth-order valence-electron chi connectivity index (χ4n) is 1.59. The van der Waals surface area contributed by atoms with Crippen LogP contribution in [0.5, 0.6) is 11.5 Å². The fourth-order valence-corrected chi connectivity index (χ4v) is 1.59. The third-order valence-corrected chi connectivity index (χ3v) is 3.14. The van der Waals surface area contributed by atoms with Crippen molar-refractivity contribution in [2.75, 3.05) is 13.7 Å². The van der Waals surface area contributed by atoms with Crippen molar-refractivity contribution in [2.24, 2.45) is 16.3 Å². The number of nitrogens with zero attached hydrogens (tertiary/aromatic N) is 2. The first-order chi connectivity index (χ1) is 9.81. The van der Waals surface area contributed by atoms with Crippen LogP contribution in [-0.4, -0.2) is 29.7 Å². The van der Waals surface area contributed by atoms with E-state index >= 15 is 0 Å². The van der Waals surface area contributed by atoms with E-state index in [2.05, 4.69) is 5.16 Å². The normalized spacial score (nSPS) is 12.0. The van der Waals surface area contributed by atoms with Crippen molar-refractivity contribution in [1.29, 1.82) is 0 Å². The third kappa shape index (κ3) is 4.23. The van der Waals surface area contributed by atoms with Gasteiger partial charge in [-0.25, -0.2) is 0 Å². The topological polar surface area (TPSA) is 120 Å². The highest BCUT2D eigenvalue weighted by Gasteiger charge is 2.24. The van der Waals surface area contributed by atoms with Gasteiger partial charge in [-0.2, -0.15) is 0 Å². The summed E-state index contributed by atoms with van der Waals surface area (Å²) in [6.45, 7) is 3.89.